The van der Waals surface area contributed by atoms with E-state index in [1.807, 2.05) is 18.5 Å². The quantitative estimate of drug-likeness (QED) is 0.125. The Labute approximate surface area is 621 Å². The van der Waals surface area contributed by atoms with Gasteiger partial charge in [-0.2, -0.15) is 5.26 Å². The number of fused-ring (bicyclic) bond motifs is 8. The van der Waals surface area contributed by atoms with Crippen LogP contribution in [0.4, 0.5) is 39.8 Å². The van der Waals surface area contributed by atoms with E-state index in [1.54, 1.807) is 0 Å². The molecule has 106 heavy (non-hydrogen) atoms. The summed E-state index contributed by atoms with van der Waals surface area (Å²) in [6.07, 6.45) is 1.95. The Morgan fingerprint density at radius 2 is 0.840 bits per heavy atom. The molecule has 3 N–H and O–H groups in total. The zero-order chi connectivity index (χ0) is 73.3. The van der Waals surface area contributed by atoms with Gasteiger partial charge in [-0.3, -0.25) is 4.57 Å². The number of benzene rings is 13. The average Bonchev–Trinajstić information content (AvgIpc) is 1.51. The van der Waals surface area contributed by atoms with Crippen molar-refractivity contribution in [2.75, 3.05) is 27.5 Å². The Kier molecular flexibility index (Phi) is 15.9. The highest BCUT2D eigenvalue weighted by Gasteiger charge is 2.35. The molecule has 0 radical (unpaired) electrons. The number of nitrogens with two attached hydrogens (primary N) is 1. The van der Waals surface area contributed by atoms with E-state index in [9.17, 15) is 5.26 Å². The van der Waals surface area contributed by atoms with Crippen molar-refractivity contribution in [3.05, 3.63) is 307 Å². The van der Waals surface area contributed by atoms with E-state index in [1.165, 1.54) is 22.3 Å². The van der Waals surface area contributed by atoms with Gasteiger partial charge in [-0.15, -0.1) is 0 Å². The van der Waals surface area contributed by atoms with Gasteiger partial charge in [0.05, 0.1) is 84.2 Å². The lowest BCUT2D eigenvalue weighted by Gasteiger charge is -2.26. The van der Waals surface area contributed by atoms with Gasteiger partial charge in [-0.05, 0) is 205 Å². The largest absolute Gasteiger partial charge is 0.397 e. The van der Waals surface area contributed by atoms with E-state index in [-0.39, 0.29) is 21.7 Å². The highest BCUT2D eigenvalue weighted by atomic mass is 15.4. The van der Waals surface area contributed by atoms with Gasteiger partial charge in [0.15, 0.2) is 0 Å². The molecule has 4 heterocycles. The minimum absolute atomic E-state index is 0.154. The number of aromatic nitrogens is 4. The predicted molar refractivity (Wildman–Crippen MR) is 447 cm³/mol. The van der Waals surface area contributed by atoms with E-state index in [0.29, 0.717) is 17.9 Å². The van der Waals surface area contributed by atoms with Crippen LogP contribution in [0.2, 0.25) is 0 Å². The fourth-order valence-corrected chi connectivity index (χ4v) is 15.8. The minimum Gasteiger partial charge on any atom is -0.397 e. The standard InChI is InChI=1S/C97H87N9/c1-94(2,3)67-37-45-82-74(53-67)75-54-68(95(4,5)6)38-46-83(75)105(82)91-57-73(65-35-43-81(101-71-29-21-15-22-30-71)89(51-65)102-59-100-80-42-34-64(50-88(80)102)62-27-19-14-20-28-62)93(106-84-47-39-69(96(7,8)9)55-76(84)77-56-70(97(10,11)12)40-48-85(77)106)78(58-98)92(91)66-36-44-86-90(52-66)104(60-103(86)72-31-23-16-24-32-72)87-49-63(33-41-79(87)99)61-25-17-13-18-26-61/h13-57,59,101H,60,99H2,1-12H3. The molecule has 0 amide bonds. The molecular formula is C97H87N9. The maximum atomic E-state index is 13.3. The lowest BCUT2D eigenvalue weighted by molar-refractivity contribution is 0.590. The van der Waals surface area contributed by atoms with Crippen molar-refractivity contribution < 1.29 is 0 Å². The van der Waals surface area contributed by atoms with E-state index < -0.39 is 0 Å². The van der Waals surface area contributed by atoms with Crippen molar-refractivity contribution >= 4 is 94.5 Å². The van der Waals surface area contributed by atoms with Crippen LogP contribution in [0.1, 0.15) is 111 Å². The van der Waals surface area contributed by atoms with Gasteiger partial charge in [0.1, 0.15) is 19.1 Å². The Bertz CT molecular complexity index is 6060. The third kappa shape index (κ3) is 11.6. The Balaban J connectivity index is 1.04. The number of hydrogen-bond donors (Lipinski definition) is 2. The van der Waals surface area contributed by atoms with Crippen molar-refractivity contribution in [2.24, 2.45) is 0 Å². The van der Waals surface area contributed by atoms with Crippen LogP contribution in [-0.2, 0) is 21.7 Å². The molecule has 0 saturated heterocycles. The second-order valence-electron chi connectivity index (χ2n) is 32.8. The van der Waals surface area contributed by atoms with E-state index in [2.05, 4.69) is 379 Å². The fourth-order valence-electron chi connectivity index (χ4n) is 15.8. The van der Waals surface area contributed by atoms with Gasteiger partial charge in [0, 0.05) is 44.0 Å². The first-order chi connectivity index (χ1) is 50.9. The van der Waals surface area contributed by atoms with Crippen molar-refractivity contribution in [1.29, 1.82) is 5.26 Å². The van der Waals surface area contributed by atoms with Crippen LogP contribution in [0.5, 0.6) is 0 Å². The van der Waals surface area contributed by atoms with Crippen LogP contribution >= 0.6 is 0 Å². The summed E-state index contributed by atoms with van der Waals surface area (Å²) in [5.41, 5.74) is 34.7. The monoisotopic (exact) mass is 1380 g/mol. The average molecular weight is 1380 g/mol. The first-order valence-corrected chi connectivity index (χ1v) is 36.9. The van der Waals surface area contributed by atoms with Crippen LogP contribution in [0.3, 0.4) is 0 Å². The first kappa shape index (κ1) is 66.8. The molecule has 3 aromatic heterocycles. The molecule has 0 fully saturated rings. The summed E-state index contributed by atoms with van der Waals surface area (Å²) in [6.45, 7) is 28.0. The first-order valence-electron chi connectivity index (χ1n) is 36.9. The van der Waals surface area contributed by atoms with Gasteiger partial charge in [0.2, 0.25) is 0 Å². The molecule has 0 bridgehead atoms. The number of hydrogen-bond acceptors (Lipinski definition) is 6. The summed E-state index contributed by atoms with van der Waals surface area (Å²) in [4.78, 5) is 9.87. The fraction of sp³-hybridized carbons (Fsp3) is 0.175. The summed E-state index contributed by atoms with van der Waals surface area (Å²) in [5.74, 6) is 0. The maximum absolute atomic E-state index is 13.3. The zero-order valence-corrected chi connectivity index (χ0v) is 62.5. The molecular weight excluding hydrogens is 1290 g/mol. The van der Waals surface area contributed by atoms with Crippen molar-refractivity contribution in [3.8, 4) is 67.6 Å². The molecule has 0 atom stereocenters. The zero-order valence-electron chi connectivity index (χ0n) is 62.5. The van der Waals surface area contributed by atoms with Crippen LogP contribution in [0.25, 0.3) is 116 Å². The molecule has 0 saturated carbocycles. The normalized spacial score (nSPS) is 12.9. The minimum atomic E-state index is -0.165. The molecule has 0 unspecified atom stereocenters. The second-order valence-corrected chi connectivity index (χ2v) is 32.8. The van der Waals surface area contributed by atoms with Gasteiger partial charge in [-0.1, -0.05) is 229 Å². The van der Waals surface area contributed by atoms with Gasteiger partial charge >= 0.3 is 0 Å². The maximum Gasteiger partial charge on any atom is 0.102 e. The lowest BCUT2D eigenvalue weighted by Crippen LogP contribution is -2.24. The predicted octanol–water partition coefficient (Wildman–Crippen LogP) is 25.5. The van der Waals surface area contributed by atoms with Crippen LogP contribution in [0.15, 0.2) is 279 Å². The number of nitriles is 1. The van der Waals surface area contributed by atoms with E-state index in [4.69, 9.17) is 10.7 Å². The SMILES string of the molecule is CC(C)(C)c1ccc2c(c1)c1cc(C(C)(C)C)ccc1n2-c1cc(-c2ccc(Nc3ccccc3)c(-n3cnc4ccc(-c5ccccc5)cc43)c2)c(-n2c3ccc(C(C)(C)C)cc3c3cc(C(C)(C)C)ccc32)c(C#N)c1-c1ccc2c(c1)N(c1cc(-c3ccccc3)ccc1N)CN2c1ccccc1. The van der Waals surface area contributed by atoms with Crippen molar-refractivity contribution in [3.63, 3.8) is 0 Å². The second kappa shape index (κ2) is 25.2. The molecule has 0 spiro atoms. The molecule has 520 valence electrons. The van der Waals surface area contributed by atoms with Gasteiger partial charge < -0.3 is 30.0 Å². The summed E-state index contributed by atoms with van der Waals surface area (Å²) in [5, 5.41) is 21.7. The number of nitrogen functional groups attached to an aromatic ring is 1. The summed E-state index contributed by atoms with van der Waals surface area (Å²) in [7, 11) is 0. The third-order valence-corrected chi connectivity index (χ3v) is 21.7. The van der Waals surface area contributed by atoms with Gasteiger partial charge in [0.25, 0.3) is 0 Å². The number of nitrogens with zero attached hydrogens (tertiary/aromatic N) is 7. The smallest absolute Gasteiger partial charge is 0.102 e. The lowest BCUT2D eigenvalue weighted by atomic mass is 9.85. The Morgan fingerprint density at radius 1 is 0.377 bits per heavy atom. The topological polar surface area (TPSA) is 96.0 Å². The summed E-state index contributed by atoms with van der Waals surface area (Å²) in [6, 6.07) is 102. The molecule has 1 aliphatic rings. The molecule has 9 nitrogen and oxygen atoms in total. The molecule has 17 rings (SSSR count). The number of anilines is 7. The highest BCUT2D eigenvalue weighted by molar-refractivity contribution is 6.14. The molecule has 13 aromatic carbocycles. The van der Waals surface area contributed by atoms with Gasteiger partial charge in [-0.25, -0.2) is 4.98 Å². The molecule has 0 aliphatic carbocycles. The molecule has 1 aliphatic heterocycles. The van der Waals surface area contributed by atoms with E-state index in [0.717, 1.165) is 150 Å². The van der Waals surface area contributed by atoms with Crippen molar-refractivity contribution in [1.82, 2.24) is 18.7 Å². The number of imidazole rings is 1. The number of nitrogens with one attached hydrogen (secondary N) is 1. The highest BCUT2D eigenvalue weighted by Crippen LogP contribution is 2.53. The van der Waals surface area contributed by atoms with Crippen LogP contribution in [0, 0.1) is 11.3 Å². The Hall–Kier alpha value is -12.4. The summed E-state index contributed by atoms with van der Waals surface area (Å²) >= 11 is 0. The summed E-state index contributed by atoms with van der Waals surface area (Å²) < 4.78 is 7.11. The molecule has 9 heteroatoms. The molecule has 16 aromatic rings. The van der Waals surface area contributed by atoms with Crippen LogP contribution < -0.4 is 20.9 Å². The number of rotatable bonds is 11. The number of para-hydroxylation sites is 2. The van der Waals surface area contributed by atoms with Crippen molar-refractivity contribution in [2.45, 2.75) is 105 Å². The Morgan fingerprint density at radius 3 is 1.37 bits per heavy atom. The van der Waals surface area contributed by atoms with E-state index >= 15 is 0 Å². The third-order valence-electron chi connectivity index (χ3n) is 21.7. The van der Waals surface area contributed by atoms with Crippen LogP contribution in [-0.4, -0.2) is 25.4 Å².